The minimum absolute atomic E-state index is 0.262. The van der Waals surface area contributed by atoms with E-state index in [1.165, 1.54) is 18.2 Å². The first-order valence-corrected chi connectivity index (χ1v) is 4.69. The fraction of sp³-hybridized carbons (Fsp3) is 0. The molecule has 15 heavy (non-hydrogen) atoms. The minimum atomic E-state index is -0.454. The van der Waals surface area contributed by atoms with E-state index < -0.39 is 5.82 Å². The van der Waals surface area contributed by atoms with Crippen LogP contribution in [0.25, 0.3) is 11.3 Å². The maximum atomic E-state index is 13.5. The highest BCUT2D eigenvalue weighted by Gasteiger charge is 2.05. The average Bonchev–Trinajstić information content (AvgIpc) is 2.17. The molecule has 0 amide bonds. The summed E-state index contributed by atoms with van der Waals surface area (Å²) in [5.41, 5.74) is 0.510. The summed E-state index contributed by atoms with van der Waals surface area (Å²) < 4.78 is 13.5. The number of H-pyrrole nitrogens is 1. The van der Waals surface area contributed by atoms with Crippen LogP contribution in [0.15, 0.2) is 41.2 Å². The molecule has 0 saturated heterocycles. The van der Waals surface area contributed by atoms with Gasteiger partial charge in [0.1, 0.15) is 5.82 Å². The standard InChI is InChI=1S/C11H7ClFNO/c12-7-4-5-8(9(13)6-7)10-2-1-3-11(15)14-10/h1-6H,(H,14,15). The van der Waals surface area contributed by atoms with Gasteiger partial charge >= 0.3 is 0 Å². The Morgan fingerprint density at radius 1 is 1.20 bits per heavy atom. The lowest BCUT2D eigenvalue weighted by atomic mass is 10.1. The van der Waals surface area contributed by atoms with Crippen molar-refractivity contribution in [3.05, 3.63) is 57.6 Å². The van der Waals surface area contributed by atoms with Gasteiger partial charge < -0.3 is 4.98 Å². The molecular formula is C11H7ClFNO. The number of halogens is 2. The summed E-state index contributed by atoms with van der Waals surface area (Å²) in [5, 5.41) is 0.328. The van der Waals surface area contributed by atoms with E-state index in [1.54, 1.807) is 18.2 Å². The predicted molar refractivity (Wildman–Crippen MR) is 57.5 cm³/mol. The first-order chi connectivity index (χ1) is 7.16. The van der Waals surface area contributed by atoms with E-state index in [0.717, 1.165) is 0 Å². The Kier molecular flexibility index (Phi) is 2.56. The third kappa shape index (κ3) is 2.07. The molecule has 1 aromatic carbocycles. The number of benzene rings is 1. The van der Waals surface area contributed by atoms with Crippen LogP contribution in [-0.4, -0.2) is 4.98 Å². The second-order valence-electron chi connectivity index (χ2n) is 3.05. The number of aromatic amines is 1. The third-order valence-electron chi connectivity index (χ3n) is 1.99. The van der Waals surface area contributed by atoms with Crippen molar-refractivity contribution in [2.24, 2.45) is 0 Å². The van der Waals surface area contributed by atoms with E-state index in [4.69, 9.17) is 11.6 Å². The van der Waals surface area contributed by atoms with Gasteiger partial charge in [-0.1, -0.05) is 17.7 Å². The first-order valence-electron chi connectivity index (χ1n) is 4.31. The molecule has 0 fully saturated rings. The summed E-state index contributed by atoms with van der Waals surface area (Å²) in [7, 11) is 0. The van der Waals surface area contributed by atoms with Crippen molar-refractivity contribution in [1.29, 1.82) is 0 Å². The largest absolute Gasteiger partial charge is 0.322 e. The molecule has 0 unspecified atom stereocenters. The van der Waals surface area contributed by atoms with Gasteiger partial charge in [-0.2, -0.15) is 0 Å². The topological polar surface area (TPSA) is 32.9 Å². The highest BCUT2D eigenvalue weighted by atomic mass is 35.5. The lowest BCUT2D eigenvalue weighted by molar-refractivity contribution is 0.631. The molecule has 0 atom stereocenters. The SMILES string of the molecule is O=c1cccc(-c2ccc(Cl)cc2F)[nH]1. The van der Waals surface area contributed by atoms with E-state index in [2.05, 4.69) is 4.98 Å². The van der Waals surface area contributed by atoms with Crippen LogP contribution in [0.1, 0.15) is 0 Å². The summed E-state index contributed by atoms with van der Waals surface area (Å²) >= 11 is 5.62. The Bertz CT molecular complexity index is 550. The molecule has 2 rings (SSSR count). The van der Waals surface area contributed by atoms with Crippen molar-refractivity contribution in [1.82, 2.24) is 4.98 Å². The summed E-state index contributed by atoms with van der Waals surface area (Å²) in [6.07, 6.45) is 0. The minimum Gasteiger partial charge on any atom is -0.322 e. The molecule has 1 N–H and O–H groups in total. The molecule has 0 aliphatic carbocycles. The van der Waals surface area contributed by atoms with Crippen molar-refractivity contribution in [3.8, 4) is 11.3 Å². The van der Waals surface area contributed by atoms with Gasteiger partial charge in [-0.15, -0.1) is 0 Å². The van der Waals surface area contributed by atoms with Gasteiger partial charge in [-0.3, -0.25) is 4.79 Å². The molecule has 1 aromatic heterocycles. The van der Waals surface area contributed by atoms with Crippen LogP contribution in [0, 0.1) is 5.82 Å². The van der Waals surface area contributed by atoms with Crippen molar-refractivity contribution in [2.45, 2.75) is 0 Å². The van der Waals surface area contributed by atoms with Gasteiger partial charge in [0.2, 0.25) is 5.56 Å². The molecule has 4 heteroatoms. The zero-order chi connectivity index (χ0) is 10.8. The molecular weight excluding hydrogens is 217 g/mol. The van der Waals surface area contributed by atoms with Gasteiger partial charge in [0.25, 0.3) is 0 Å². The van der Waals surface area contributed by atoms with E-state index in [1.807, 2.05) is 0 Å². The van der Waals surface area contributed by atoms with Crippen LogP contribution in [0.5, 0.6) is 0 Å². The summed E-state index contributed by atoms with van der Waals surface area (Å²) in [6, 6.07) is 8.89. The zero-order valence-electron chi connectivity index (χ0n) is 7.63. The fourth-order valence-corrected chi connectivity index (χ4v) is 1.47. The summed E-state index contributed by atoms with van der Waals surface area (Å²) in [6.45, 7) is 0. The molecule has 2 nitrogen and oxygen atoms in total. The number of rotatable bonds is 1. The molecule has 0 aliphatic rings. The number of hydrogen-bond donors (Lipinski definition) is 1. The summed E-state index contributed by atoms with van der Waals surface area (Å²) in [5.74, 6) is -0.454. The van der Waals surface area contributed by atoms with Crippen molar-refractivity contribution < 1.29 is 4.39 Å². The van der Waals surface area contributed by atoms with Crippen LogP contribution in [-0.2, 0) is 0 Å². The van der Waals surface area contributed by atoms with Gasteiger partial charge in [0.05, 0.1) is 5.69 Å². The molecule has 0 saturated carbocycles. The smallest absolute Gasteiger partial charge is 0.248 e. The quantitative estimate of drug-likeness (QED) is 0.792. The van der Waals surface area contributed by atoms with Crippen molar-refractivity contribution in [2.75, 3.05) is 0 Å². The van der Waals surface area contributed by atoms with Gasteiger partial charge in [0, 0.05) is 16.7 Å². The van der Waals surface area contributed by atoms with Crippen LogP contribution in [0.3, 0.4) is 0 Å². The predicted octanol–water partition coefficient (Wildman–Crippen LogP) is 2.83. The lowest BCUT2D eigenvalue weighted by Crippen LogP contribution is -2.04. The Morgan fingerprint density at radius 3 is 2.67 bits per heavy atom. The van der Waals surface area contributed by atoms with Crippen LogP contribution in [0.2, 0.25) is 5.02 Å². The first kappa shape index (κ1) is 9.93. The molecule has 0 spiro atoms. The van der Waals surface area contributed by atoms with Gasteiger partial charge in [-0.05, 0) is 24.3 Å². The number of aromatic nitrogens is 1. The molecule has 76 valence electrons. The van der Waals surface area contributed by atoms with Gasteiger partial charge in [-0.25, -0.2) is 4.39 Å². The summed E-state index contributed by atoms with van der Waals surface area (Å²) in [4.78, 5) is 13.6. The maximum Gasteiger partial charge on any atom is 0.248 e. The molecule has 2 aromatic rings. The van der Waals surface area contributed by atoms with E-state index in [-0.39, 0.29) is 5.56 Å². The highest BCUT2D eigenvalue weighted by Crippen LogP contribution is 2.22. The van der Waals surface area contributed by atoms with E-state index >= 15 is 0 Å². The van der Waals surface area contributed by atoms with Crippen molar-refractivity contribution in [3.63, 3.8) is 0 Å². The Labute approximate surface area is 90.3 Å². The zero-order valence-corrected chi connectivity index (χ0v) is 8.38. The monoisotopic (exact) mass is 223 g/mol. The normalized spacial score (nSPS) is 10.3. The third-order valence-corrected chi connectivity index (χ3v) is 2.22. The van der Waals surface area contributed by atoms with Gasteiger partial charge in [0.15, 0.2) is 0 Å². The Balaban J connectivity index is 2.59. The molecule has 0 aliphatic heterocycles. The van der Waals surface area contributed by atoms with Crippen molar-refractivity contribution >= 4 is 11.6 Å². The maximum absolute atomic E-state index is 13.5. The Hall–Kier alpha value is -1.61. The number of nitrogens with one attached hydrogen (secondary N) is 1. The lowest BCUT2D eigenvalue weighted by Gasteiger charge is -2.02. The fourth-order valence-electron chi connectivity index (χ4n) is 1.31. The number of hydrogen-bond acceptors (Lipinski definition) is 1. The van der Waals surface area contributed by atoms with E-state index in [0.29, 0.717) is 16.3 Å². The second-order valence-corrected chi connectivity index (χ2v) is 3.49. The van der Waals surface area contributed by atoms with Crippen LogP contribution in [0.4, 0.5) is 4.39 Å². The average molecular weight is 224 g/mol. The van der Waals surface area contributed by atoms with E-state index in [9.17, 15) is 9.18 Å². The van der Waals surface area contributed by atoms with Crippen LogP contribution < -0.4 is 5.56 Å². The van der Waals surface area contributed by atoms with Crippen LogP contribution >= 0.6 is 11.6 Å². The Morgan fingerprint density at radius 2 is 2.00 bits per heavy atom. The second kappa shape index (κ2) is 3.87. The molecule has 0 radical (unpaired) electrons. The molecule has 1 heterocycles. The molecule has 0 bridgehead atoms. The number of pyridine rings is 1. The highest BCUT2D eigenvalue weighted by molar-refractivity contribution is 6.30.